The summed E-state index contributed by atoms with van der Waals surface area (Å²) in [5.74, 6) is 0.718. The molecule has 0 saturated carbocycles. The fraction of sp³-hybridized carbons (Fsp3) is 0.394. The van der Waals surface area contributed by atoms with Crippen LogP contribution in [0.4, 0.5) is 5.69 Å². The van der Waals surface area contributed by atoms with Crippen molar-refractivity contribution in [2.75, 3.05) is 38.8 Å². The van der Waals surface area contributed by atoms with Crippen LogP contribution in [0, 0.1) is 0 Å². The van der Waals surface area contributed by atoms with Gasteiger partial charge in [0.1, 0.15) is 24.1 Å². The molecule has 0 bridgehead atoms. The van der Waals surface area contributed by atoms with Crippen molar-refractivity contribution in [3.8, 4) is 23.0 Å². The fourth-order valence-electron chi connectivity index (χ4n) is 4.53. The first-order valence-corrected chi connectivity index (χ1v) is 15.9. The number of anilines is 1. The number of benzene rings is 3. The molecule has 45 heavy (non-hydrogen) atoms. The number of sulfonamides is 1. The molecule has 0 aliphatic carbocycles. The van der Waals surface area contributed by atoms with Crippen LogP contribution in [0.5, 0.6) is 23.0 Å². The topological polar surface area (TPSA) is 124 Å². The van der Waals surface area contributed by atoms with Crippen LogP contribution in [0.1, 0.15) is 40.2 Å². The summed E-state index contributed by atoms with van der Waals surface area (Å²) in [6, 6.07) is 16.8. The zero-order valence-corrected chi connectivity index (χ0v) is 27.9. The number of nitrogens with one attached hydrogen (secondary N) is 1. The Morgan fingerprint density at radius 2 is 1.53 bits per heavy atom. The fourth-order valence-corrected chi connectivity index (χ4v) is 5.96. The Kier molecular flexibility index (Phi) is 11.7. The molecule has 11 nitrogen and oxygen atoms in total. The van der Waals surface area contributed by atoms with Crippen LogP contribution < -0.4 is 28.6 Å². The largest absolute Gasteiger partial charge is 0.497 e. The molecule has 1 N–H and O–H groups in total. The first-order chi connectivity index (χ1) is 21.2. The van der Waals surface area contributed by atoms with Crippen LogP contribution in [0.3, 0.4) is 0 Å². The van der Waals surface area contributed by atoms with Crippen molar-refractivity contribution in [1.82, 2.24) is 10.2 Å². The molecular weight excluding hydrogens is 598 g/mol. The van der Waals surface area contributed by atoms with Gasteiger partial charge >= 0.3 is 0 Å². The molecule has 0 heterocycles. The number of hydrogen-bond donors (Lipinski definition) is 1. The molecule has 0 spiro atoms. The molecule has 2 amide bonds. The molecule has 3 aromatic rings. The SMILES string of the molecule is CCOc1ccc(N(CC(=O)N(Cc2cccc(OC)c2)[C@H](C)C(=O)NC(C)(C)C)S(=O)(=O)c2ccc(OC)c(OC)c2)cc1. The molecule has 0 aliphatic heterocycles. The Bertz CT molecular complexity index is 1570. The number of nitrogens with zero attached hydrogens (tertiary/aromatic N) is 2. The standard InChI is InChI=1S/C33H43N3O8S/c1-9-44-26-15-13-25(14-16-26)36(45(39,40)28-17-18-29(42-7)30(20-28)43-8)22-31(37)35(23(2)32(38)34-33(3,4)5)21-24-11-10-12-27(19-24)41-6/h10-20,23H,9,21-22H2,1-8H3,(H,34,38)/t23-/m1/s1. The van der Waals surface area contributed by atoms with Gasteiger partial charge in [-0.25, -0.2) is 8.42 Å². The maximum Gasteiger partial charge on any atom is 0.264 e. The van der Waals surface area contributed by atoms with Crippen LogP contribution in [-0.2, 0) is 26.2 Å². The lowest BCUT2D eigenvalue weighted by atomic mass is 10.1. The van der Waals surface area contributed by atoms with Crippen molar-refractivity contribution in [3.63, 3.8) is 0 Å². The van der Waals surface area contributed by atoms with Crippen LogP contribution in [-0.4, -0.2) is 71.2 Å². The van der Waals surface area contributed by atoms with E-state index in [0.29, 0.717) is 29.4 Å². The van der Waals surface area contributed by atoms with E-state index in [-0.39, 0.29) is 28.8 Å². The Morgan fingerprint density at radius 1 is 0.867 bits per heavy atom. The van der Waals surface area contributed by atoms with Crippen LogP contribution in [0.25, 0.3) is 0 Å². The highest BCUT2D eigenvalue weighted by Gasteiger charge is 2.34. The van der Waals surface area contributed by atoms with Crippen molar-refractivity contribution in [2.45, 2.75) is 57.6 Å². The number of amides is 2. The molecule has 0 fully saturated rings. The van der Waals surface area contributed by atoms with Crippen molar-refractivity contribution >= 4 is 27.5 Å². The second kappa shape index (κ2) is 15.0. The smallest absolute Gasteiger partial charge is 0.264 e. The molecule has 0 aliphatic rings. The molecule has 12 heteroatoms. The highest BCUT2D eigenvalue weighted by atomic mass is 32.2. The van der Waals surface area contributed by atoms with Gasteiger partial charge in [0.15, 0.2) is 11.5 Å². The summed E-state index contributed by atoms with van der Waals surface area (Å²) in [7, 11) is 0.0565. The normalized spacial score (nSPS) is 12.1. The van der Waals surface area contributed by atoms with Crippen LogP contribution in [0.15, 0.2) is 71.6 Å². The lowest BCUT2D eigenvalue weighted by Gasteiger charge is -2.33. The summed E-state index contributed by atoms with van der Waals surface area (Å²) in [6.45, 7) is 8.85. The molecule has 3 rings (SSSR count). The van der Waals surface area contributed by atoms with Gasteiger partial charge in [-0.1, -0.05) is 12.1 Å². The van der Waals surface area contributed by atoms with E-state index in [4.69, 9.17) is 18.9 Å². The molecule has 1 atom stereocenters. The van der Waals surface area contributed by atoms with Crippen molar-refractivity contribution in [1.29, 1.82) is 0 Å². The number of ether oxygens (including phenoxy) is 4. The quantitative estimate of drug-likeness (QED) is 0.270. The summed E-state index contributed by atoms with van der Waals surface area (Å²) >= 11 is 0. The maximum absolute atomic E-state index is 14.2. The summed E-state index contributed by atoms with van der Waals surface area (Å²) in [6.07, 6.45) is 0. The first kappa shape index (κ1) is 35.0. The third kappa shape index (κ3) is 9.04. The van der Waals surface area contributed by atoms with E-state index in [9.17, 15) is 18.0 Å². The molecule has 0 unspecified atom stereocenters. The zero-order chi connectivity index (χ0) is 33.4. The minimum Gasteiger partial charge on any atom is -0.497 e. The Labute approximate surface area is 266 Å². The third-order valence-electron chi connectivity index (χ3n) is 6.81. The van der Waals surface area contributed by atoms with Gasteiger partial charge in [0.05, 0.1) is 38.5 Å². The van der Waals surface area contributed by atoms with Gasteiger partial charge in [-0.2, -0.15) is 0 Å². The summed E-state index contributed by atoms with van der Waals surface area (Å²) in [5, 5.41) is 2.92. The van der Waals surface area contributed by atoms with Gasteiger partial charge < -0.3 is 29.2 Å². The lowest BCUT2D eigenvalue weighted by Crippen LogP contribution is -2.54. The van der Waals surface area contributed by atoms with Crippen LogP contribution >= 0.6 is 0 Å². The summed E-state index contributed by atoms with van der Waals surface area (Å²) in [4.78, 5) is 28.8. The van der Waals surface area contributed by atoms with Gasteiger partial charge in [0.25, 0.3) is 10.0 Å². The third-order valence-corrected chi connectivity index (χ3v) is 8.58. The number of carbonyl (C=O) groups is 2. The van der Waals surface area contributed by atoms with Gasteiger partial charge in [0.2, 0.25) is 11.8 Å². The Morgan fingerprint density at radius 3 is 2.11 bits per heavy atom. The lowest BCUT2D eigenvalue weighted by molar-refractivity contribution is -0.140. The van der Waals surface area contributed by atoms with E-state index in [2.05, 4.69) is 5.32 Å². The van der Waals surface area contributed by atoms with E-state index in [1.54, 1.807) is 49.4 Å². The van der Waals surface area contributed by atoms with E-state index in [1.165, 1.54) is 44.4 Å². The second-order valence-corrected chi connectivity index (χ2v) is 13.1. The molecule has 244 valence electrons. The molecule has 3 aromatic carbocycles. The monoisotopic (exact) mass is 641 g/mol. The van der Waals surface area contributed by atoms with E-state index in [1.807, 2.05) is 33.8 Å². The average Bonchev–Trinajstić information content (AvgIpc) is 3.01. The number of carbonyl (C=O) groups excluding carboxylic acids is 2. The molecule has 0 saturated heterocycles. The Hall–Kier alpha value is -4.45. The van der Waals surface area contributed by atoms with Gasteiger partial charge in [-0.15, -0.1) is 0 Å². The van der Waals surface area contributed by atoms with Crippen molar-refractivity contribution < 1.29 is 37.0 Å². The number of rotatable bonds is 14. The minimum absolute atomic E-state index is 0.0300. The van der Waals surface area contributed by atoms with Gasteiger partial charge in [0, 0.05) is 18.2 Å². The molecule has 0 radical (unpaired) electrons. The summed E-state index contributed by atoms with van der Waals surface area (Å²) < 4.78 is 51.0. The van der Waals surface area contributed by atoms with E-state index in [0.717, 1.165) is 4.31 Å². The second-order valence-electron chi connectivity index (χ2n) is 11.2. The highest BCUT2D eigenvalue weighted by molar-refractivity contribution is 7.92. The number of methoxy groups -OCH3 is 3. The molecule has 0 aromatic heterocycles. The average molecular weight is 642 g/mol. The van der Waals surface area contributed by atoms with Crippen molar-refractivity contribution in [2.24, 2.45) is 0 Å². The van der Waals surface area contributed by atoms with Gasteiger partial charge in [-0.3, -0.25) is 13.9 Å². The highest BCUT2D eigenvalue weighted by Crippen LogP contribution is 2.33. The minimum atomic E-state index is -4.33. The zero-order valence-electron chi connectivity index (χ0n) is 27.1. The Balaban J connectivity index is 2.10. The maximum atomic E-state index is 14.2. The van der Waals surface area contributed by atoms with E-state index < -0.39 is 34.1 Å². The summed E-state index contributed by atoms with van der Waals surface area (Å²) in [5.41, 5.74) is 0.379. The van der Waals surface area contributed by atoms with Crippen LogP contribution in [0.2, 0.25) is 0 Å². The van der Waals surface area contributed by atoms with Gasteiger partial charge in [-0.05, 0) is 88.7 Å². The van der Waals surface area contributed by atoms with E-state index >= 15 is 0 Å². The first-order valence-electron chi connectivity index (χ1n) is 14.5. The predicted molar refractivity (Wildman–Crippen MR) is 173 cm³/mol. The predicted octanol–water partition coefficient (Wildman–Crippen LogP) is 4.64. The molecular formula is C33H43N3O8S. The number of hydrogen-bond acceptors (Lipinski definition) is 8. The van der Waals surface area contributed by atoms with Crippen molar-refractivity contribution in [3.05, 3.63) is 72.3 Å².